The molecule has 0 aliphatic heterocycles. The number of aryl methyl sites for hydroxylation is 1. The fourth-order valence-electron chi connectivity index (χ4n) is 2.14. The van der Waals surface area contributed by atoms with Gasteiger partial charge >= 0.3 is 6.36 Å². The Morgan fingerprint density at radius 2 is 1.58 bits per heavy atom. The molecule has 1 nitrogen and oxygen atoms in total. The Balaban J connectivity index is 2.31. The van der Waals surface area contributed by atoms with Crippen LogP contribution in [-0.2, 0) is 0 Å². The normalized spacial score (nSPS) is 12.2. The minimum absolute atomic E-state index is 0.134. The van der Waals surface area contributed by atoms with E-state index in [9.17, 15) is 13.2 Å². The largest absolute Gasteiger partial charge is 0.573 e. The molecule has 0 spiro atoms. The van der Waals surface area contributed by atoms with Crippen LogP contribution in [0.5, 0.6) is 5.75 Å². The summed E-state index contributed by atoms with van der Waals surface area (Å²) in [5, 5.41) is 1.76. The molecule has 0 N–H and O–H groups in total. The Labute approximate surface area is 111 Å². The molecule has 3 rings (SSSR count). The Hall–Kier alpha value is -1.75. The second kappa shape index (κ2) is 4.13. The first-order valence-electron chi connectivity index (χ1n) is 5.62. The zero-order valence-corrected chi connectivity index (χ0v) is 10.7. The van der Waals surface area contributed by atoms with Gasteiger partial charge in [0.2, 0.25) is 0 Å². The molecule has 0 saturated heterocycles. The number of ether oxygens (including phenoxy) is 1. The van der Waals surface area contributed by atoms with Crippen LogP contribution in [0.2, 0.25) is 0 Å². The number of halogens is 3. The summed E-state index contributed by atoms with van der Waals surface area (Å²) in [4.78, 5) is 0. The van der Waals surface area contributed by atoms with E-state index in [0.717, 1.165) is 21.0 Å². The van der Waals surface area contributed by atoms with Crippen LogP contribution in [0.3, 0.4) is 0 Å². The maximum absolute atomic E-state index is 12.4. The molecular formula is C14H9F3OS. The molecule has 19 heavy (non-hydrogen) atoms. The second-order valence-electron chi connectivity index (χ2n) is 4.23. The van der Waals surface area contributed by atoms with E-state index >= 15 is 0 Å². The lowest BCUT2D eigenvalue weighted by atomic mass is 10.1. The number of benzene rings is 2. The van der Waals surface area contributed by atoms with Gasteiger partial charge in [-0.2, -0.15) is 0 Å². The van der Waals surface area contributed by atoms with Crippen molar-refractivity contribution < 1.29 is 17.9 Å². The molecule has 0 saturated carbocycles. The number of hydrogen-bond acceptors (Lipinski definition) is 2. The van der Waals surface area contributed by atoms with Gasteiger partial charge in [-0.15, -0.1) is 24.5 Å². The molecule has 0 aliphatic rings. The fraction of sp³-hybridized carbons (Fsp3) is 0.143. The van der Waals surface area contributed by atoms with Crippen molar-refractivity contribution in [2.45, 2.75) is 13.3 Å². The van der Waals surface area contributed by atoms with Gasteiger partial charge in [-0.05, 0) is 18.6 Å². The van der Waals surface area contributed by atoms with E-state index in [4.69, 9.17) is 0 Å². The molecule has 2 aromatic carbocycles. The average molecular weight is 282 g/mol. The summed E-state index contributed by atoms with van der Waals surface area (Å²) in [5.41, 5.74) is 1.05. The van der Waals surface area contributed by atoms with Crippen molar-refractivity contribution in [2.24, 2.45) is 0 Å². The molecular weight excluding hydrogens is 273 g/mol. The lowest BCUT2D eigenvalue weighted by Crippen LogP contribution is -2.17. The van der Waals surface area contributed by atoms with Crippen molar-refractivity contribution in [1.29, 1.82) is 0 Å². The van der Waals surface area contributed by atoms with E-state index < -0.39 is 6.36 Å². The minimum atomic E-state index is -4.67. The number of alkyl halides is 3. The monoisotopic (exact) mass is 282 g/mol. The van der Waals surface area contributed by atoms with E-state index in [0.29, 0.717) is 4.70 Å². The van der Waals surface area contributed by atoms with E-state index in [1.54, 1.807) is 6.07 Å². The Bertz CT molecular complexity index is 758. The van der Waals surface area contributed by atoms with Gasteiger partial charge in [0.1, 0.15) is 5.75 Å². The number of thiophene rings is 1. The third-order valence-electron chi connectivity index (χ3n) is 2.91. The highest BCUT2D eigenvalue weighted by atomic mass is 32.1. The summed E-state index contributed by atoms with van der Waals surface area (Å²) >= 11 is 1.33. The van der Waals surface area contributed by atoms with Gasteiger partial charge in [-0.1, -0.05) is 30.3 Å². The molecule has 5 heteroatoms. The second-order valence-corrected chi connectivity index (χ2v) is 5.25. The highest BCUT2D eigenvalue weighted by molar-refractivity contribution is 7.26. The molecule has 0 unspecified atom stereocenters. The first-order valence-corrected chi connectivity index (χ1v) is 6.44. The molecule has 0 bridgehead atoms. The topological polar surface area (TPSA) is 9.23 Å². The van der Waals surface area contributed by atoms with E-state index in [2.05, 4.69) is 4.74 Å². The number of rotatable bonds is 1. The Kier molecular flexibility index (Phi) is 2.67. The van der Waals surface area contributed by atoms with Gasteiger partial charge in [-0.25, -0.2) is 0 Å². The molecule has 3 aromatic rings. The molecule has 0 radical (unpaired) electrons. The zero-order valence-electron chi connectivity index (χ0n) is 9.91. The lowest BCUT2D eigenvalue weighted by Gasteiger charge is -2.09. The summed E-state index contributed by atoms with van der Waals surface area (Å²) in [6.07, 6.45) is -4.67. The molecule has 0 atom stereocenters. The van der Waals surface area contributed by atoms with Gasteiger partial charge in [-0.3, -0.25) is 0 Å². The Morgan fingerprint density at radius 1 is 0.947 bits per heavy atom. The molecule has 0 amide bonds. The highest BCUT2D eigenvalue weighted by Gasteiger charge is 2.32. The predicted molar refractivity (Wildman–Crippen MR) is 70.8 cm³/mol. The van der Waals surface area contributed by atoms with Crippen LogP contribution in [0, 0.1) is 6.92 Å². The molecule has 0 fully saturated rings. The van der Waals surface area contributed by atoms with Gasteiger partial charge in [0.25, 0.3) is 0 Å². The van der Waals surface area contributed by atoms with Crippen LogP contribution in [0.4, 0.5) is 13.2 Å². The van der Waals surface area contributed by atoms with Crippen LogP contribution < -0.4 is 4.74 Å². The number of hydrogen-bond donors (Lipinski definition) is 0. The molecule has 98 valence electrons. The summed E-state index contributed by atoms with van der Waals surface area (Å²) < 4.78 is 42.8. The predicted octanol–water partition coefficient (Wildman–Crippen LogP) is 5.26. The van der Waals surface area contributed by atoms with Crippen LogP contribution in [0.1, 0.15) is 5.56 Å². The standard InChI is InChI=1S/C14H9F3OS/c1-8-4-2-5-9-10-6-3-7-11(18-14(15,16)17)13(10)19-12(8)9/h2-7H,1H3. The van der Waals surface area contributed by atoms with Crippen molar-refractivity contribution in [3.05, 3.63) is 42.0 Å². The first-order chi connectivity index (χ1) is 8.96. The van der Waals surface area contributed by atoms with Crippen LogP contribution >= 0.6 is 11.3 Å². The SMILES string of the molecule is Cc1cccc2c1sc1c(OC(F)(F)F)cccc12. The van der Waals surface area contributed by atoms with Crippen molar-refractivity contribution in [1.82, 2.24) is 0 Å². The summed E-state index contributed by atoms with van der Waals surface area (Å²) in [6.45, 7) is 1.95. The molecule has 1 heterocycles. The minimum Gasteiger partial charge on any atom is -0.404 e. The lowest BCUT2D eigenvalue weighted by molar-refractivity contribution is -0.274. The molecule has 0 aliphatic carbocycles. The third-order valence-corrected chi connectivity index (χ3v) is 4.28. The van der Waals surface area contributed by atoms with Gasteiger partial charge in [0.05, 0.1) is 4.70 Å². The van der Waals surface area contributed by atoms with Crippen LogP contribution in [0.25, 0.3) is 20.2 Å². The fourth-order valence-corrected chi connectivity index (χ4v) is 3.36. The number of fused-ring (bicyclic) bond motifs is 3. The van der Waals surface area contributed by atoms with E-state index in [1.165, 1.54) is 17.4 Å². The zero-order chi connectivity index (χ0) is 13.6. The van der Waals surface area contributed by atoms with Crippen molar-refractivity contribution in [3.63, 3.8) is 0 Å². The third kappa shape index (κ3) is 2.14. The highest BCUT2D eigenvalue weighted by Crippen LogP contribution is 2.41. The first kappa shape index (κ1) is 12.3. The smallest absolute Gasteiger partial charge is 0.404 e. The summed E-state index contributed by atoms with van der Waals surface area (Å²) in [7, 11) is 0. The Morgan fingerprint density at radius 3 is 2.26 bits per heavy atom. The van der Waals surface area contributed by atoms with Gasteiger partial charge in [0, 0.05) is 15.5 Å². The molecule has 1 aromatic heterocycles. The van der Waals surface area contributed by atoms with Crippen molar-refractivity contribution >= 4 is 31.5 Å². The van der Waals surface area contributed by atoms with E-state index in [-0.39, 0.29) is 5.75 Å². The van der Waals surface area contributed by atoms with Crippen molar-refractivity contribution in [2.75, 3.05) is 0 Å². The summed E-state index contributed by atoms with van der Waals surface area (Å²) in [5.74, 6) is -0.134. The quantitative estimate of drug-likeness (QED) is 0.591. The van der Waals surface area contributed by atoms with E-state index in [1.807, 2.05) is 31.2 Å². The van der Waals surface area contributed by atoms with Crippen molar-refractivity contribution in [3.8, 4) is 5.75 Å². The van der Waals surface area contributed by atoms with Gasteiger partial charge < -0.3 is 4.74 Å². The van der Waals surface area contributed by atoms with Gasteiger partial charge in [0.15, 0.2) is 0 Å². The van der Waals surface area contributed by atoms with Crippen LogP contribution in [-0.4, -0.2) is 6.36 Å². The summed E-state index contributed by atoms with van der Waals surface area (Å²) in [6, 6.07) is 10.5. The maximum atomic E-state index is 12.4. The average Bonchev–Trinajstić information content (AvgIpc) is 2.69. The van der Waals surface area contributed by atoms with Crippen LogP contribution in [0.15, 0.2) is 36.4 Å². The maximum Gasteiger partial charge on any atom is 0.573 e.